The second kappa shape index (κ2) is 18.2. The third-order valence-corrected chi connectivity index (χ3v) is 17.8. The van der Waals surface area contributed by atoms with Crippen LogP contribution in [-0.2, 0) is 37.8 Å². The minimum absolute atomic E-state index is 0.0543. The van der Waals surface area contributed by atoms with Crippen molar-refractivity contribution in [3.63, 3.8) is 0 Å². The number of hydrogen-bond acceptors (Lipinski definition) is 13. The lowest BCUT2D eigenvalue weighted by Crippen LogP contribution is -2.60. The Bertz CT molecular complexity index is 2440. The largest absolute Gasteiger partial charge is 0.497 e. The van der Waals surface area contributed by atoms with Crippen molar-refractivity contribution >= 4 is 36.4 Å². The number of carbonyl (C=O) groups excluding carboxylic acids is 2. The topological polar surface area (TPSA) is 218 Å². The number of amides is 2. The lowest BCUT2D eigenvalue weighted by Gasteiger charge is -2.37. The van der Waals surface area contributed by atoms with Gasteiger partial charge in [0.1, 0.15) is 29.8 Å². The van der Waals surface area contributed by atoms with Crippen LogP contribution in [-0.4, -0.2) is 118 Å². The molecule has 3 aliphatic heterocycles. The first-order valence-electron chi connectivity index (χ1n) is 21.4. The number of hydrogen-bond donors (Lipinski definition) is 6. The van der Waals surface area contributed by atoms with Crippen molar-refractivity contribution in [1.29, 1.82) is 0 Å². The quantitative estimate of drug-likeness (QED) is 0.0886. The maximum Gasteiger partial charge on any atom is 0.264 e. The summed E-state index contributed by atoms with van der Waals surface area (Å²) >= 11 is 0. The molecule has 8 rings (SSSR count). The van der Waals surface area contributed by atoms with E-state index in [2.05, 4.69) is 47.8 Å². The van der Waals surface area contributed by atoms with Crippen molar-refractivity contribution in [2.45, 2.75) is 93.4 Å². The smallest absolute Gasteiger partial charge is 0.264 e. The van der Waals surface area contributed by atoms with Gasteiger partial charge in [-0.05, 0) is 65.6 Å². The number of aryl methyl sites for hydroxylation is 1. The van der Waals surface area contributed by atoms with E-state index < -0.39 is 50.3 Å². The maximum absolute atomic E-state index is 15.4. The molecule has 10 atom stereocenters. The van der Waals surface area contributed by atoms with Crippen LogP contribution in [0.4, 0.5) is 11.4 Å². The van der Waals surface area contributed by atoms with Gasteiger partial charge in [0.05, 0.1) is 58.8 Å². The highest BCUT2D eigenvalue weighted by Crippen LogP contribution is 2.60. The molecule has 2 fully saturated rings. The molecule has 2 amide bonds. The van der Waals surface area contributed by atoms with E-state index in [0.29, 0.717) is 35.8 Å². The van der Waals surface area contributed by atoms with E-state index in [1.54, 1.807) is 48.1 Å². The minimum atomic E-state index is -2.48. The third kappa shape index (κ3) is 8.11. The van der Waals surface area contributed by atoms with Crippen molar-refractivity contribution < 1.29 is 54.1 Å². The van der Waals surface area contributed by atoms with E-state index in [1.807, 2.05) is 66.9 Å². The van der Waals surface area contributed by atoms with Crippen molar-refractivity contribution in [2.75, 3.05) is 31.0 Å². The highest BCUT2D eigenvalue weighted by molar-refractivity contribution is 6.91. The number of carbonyl (C=O) groups is 2. The predicted molar refractivity (Wildman–Crippen MR) is 238 cm³/mol. The van der Waals surface area contributed by atoms with Crippen molar-refractivity contribution in [1.82, 2.24) is 15.0 Å². The number of fused-ring (bicyclic) bond motifs is 2. The van der Waals surface area contributed by atoms with Gasteiger partial charge in [-0.25, -0.2) is 0 Å². The van der Waals surface area contributed by atoms with Gasteiger partial charge in [-0.1, -0.05) is 85.0 Å². The van der Waals surface area contributed by atoms with Crippen LogP contribution in [0.25, 0.3) is 0 Å². The number of aliphatic hydroxyl groups excluding tert-OH is 5. The fourth-order valence-electron chi connectivity index (χ4n) is 9.91. The first-order chi connectivity index (χ1) is 30.7. The molecule has 5 aromatic rings. The van der Waals surface area contributed by atoms with Gasteiger partial charge in [-0.15, -0.1) is 5.10 Å². The number of anilines is 2. The average molecular weight is 894 g/mol. The molecule has 16 nitrogen and oxygen atoms in total. The Labute approximate surface area is 372 Å². The van der Waals surface area contributed by atoms with Crippen LogP contribution >= 0.6 is 0 Å². The molecule has 338 valence electrons. The van der Waals surface area contributed by atoms with Gasteiger partial charge in [0.15, 0.2) is 18.0 Å². The number of benzene rings is 4. The summed E-state index contributed by atoms with van der Waals surface area (Å²) in [7, 11) is 0.755. The standard InChI is InChI=1S/C47H55N5O11Si/c1-27-43(64(4,5)33-18-15-31(60-2)16-19-33)38(21-22-51-25-36(49-50-51)34(26-53)29-9-7-6-8-10-29)63-47(27)35-23-32(61-3)17-20-37(35)52(46(47)59)24-28-11-13-30(14-12-28)48-44(57)42-40(55)39(54)41(56)45(58)62-42/h6-20,23,25,27,34,38-43,45,53-56,58H,21-22,24,26H2,1-5H3,(H,48,57)/t27-,34?,38+,39-,40-,41+,42-,43-,45+,47+/m0/s1. The average Bonchev–Trinajstić information content (AvgIpc) is 3.97. The molecule has 1 aromatic heterocycles. The first-order valence-corrected chi connectivity index (χ1v) is 24.5. The molecule has 3 aliphatic rings. The summed E-state index contributed by atoms with van der Waals surface area (Å²) in [5.74, 6) is -0.304. The van der Waals surface area contributed by atoms with E-state index in [1.165, 1.54) is 5.19 Å². The molecular formula is C47H55N5O11Si. The van der Waals surface area contributed by atoms with Crippen LogP contribution in [0.5, 0.6) is 11.5 Å². The van der Waals surface area contributed by atoms with Gasteiger partial charge in [0.25, 0.3) is 11.8 Å². The second-order valence-electron chi connectivity index (χ2n) is 17.4. The molecule has 0 radical (unpaired) electrons. The predicted octanol–water partition coefficient (Wildman–Crippen LogP) is 3.01. The van der Waals surface area contributed by atoms with Crippen LogP contribution in [0, 0.1) is 5.92 Å². The van der Waals surface area contributed by atoms with Crippen LogP contribution in [0.1, 0.15) is 41.6 Å². The Balaban J connectivity index is 1.09. The fourth-order valence-corrected chi connectivity index (χ4v) is 14.0. The molecular weight excluding hydrogens is 839 g/mol. The Morgan fingerprint density at radius 3 is 2.27 bits per heavy atom. The summed E-state index contributed by atoms with van der Waals surface area (Å²) in [5, 5.41) is 63.2. The molecule has 64 heavy (non-hydrogen) atoms. The number of aliphatic hydroxyl groups is 5. The summed E-state index contributed by atoms with van der Waals surface area (Å²) < 4.78 is 25.4. The van der Waals surface area contributed by atoms with E-state index in [-0.39, 0.29) is 42.5 Å². The molecule has 0 saturated carbocycles. The fraction of sp³-hybridized carbons (Fsp3) is 0.404. The number of ether oxygens (including phenoxy) is 4. The third-order valence-electron chi connectivity index (χ3n) is 13.4. The molecule has 1 spiro atoms. The number of nitrogens with one attached hydrogen (secondary N) is 1. The highest BCUT2D eigenvalue weighted by Gasteiger charge is 2.66. The maximum atomic E-state index is 15.4. The van der Waals surface area contributed by atoms with E-state index >= 15 is 4.79 Å². The molecule has 4 aromatic carbocycles. The summed E-state index contributed by atoms with van der Waals surface area (Å²) in [5.41, 5.74) is 2.68. The first kappa shape index (κ1) is 45.1. The molecule has 2 saturated heterocycles. The molecule has 17 heteroatoms. The van der Waals surface area contributed by atoms with E-state index in [0.717, 1.165) is 22.4 Å². The van der Waals surface area contributed by atoms with Gasteiger partial charge in [0.2, 0.25) is 0 Å². The van der Waals surface area contributed by atoms with E-state index in [9.17, 15) is 30.3 Å². The Kier molecular flexibility index (Phi) is 12.8. The SMILES string of the molecule is COc1ccc([Si](C)(C)[C@@H]2[C@@H](CCn3cc(C(CO)c4ccccc4)nn3)O[C@]3(C(=O)N(Cc4ccc(NC(=O)[C@H]5O[C@@H](O)[C@H](O)[C@@H](O)[C@@H]5O)cc4)c4ccc(OC)cc43)[C@H]2C)cc1. The molecule has 1 unspecified atom stereocenters. The molecule has 0 bridgehead atoms. The number of methoxy groups -OCH3 is 2. The van der Waals surface area contributed by atoms with Gasteiger partial charge in [0, 0.05) is 29.9 Å². The zero-order valence-electron chi connectivity index (χ0n) is 36.3. The van der Waals surface area contributed by atoms with Crippen LogP contribution in [0.2, 0.25) is 18.6 Å². The zero-order valence-corrected chi connectivity index (χ0v) is 37.3. The Hall–Kier alpha value is -5.50. The second-order valence-corrected chi connectivity index (χ2v) is 22.1. The lowest BCUT2D eigenvalue weighted by atomic mass is 9.82. The number of rotatable bonds is 14. The van der Waals surface area contributed by atoms with Crippen LogP contribution < -0.4 is 24.9 Å². The van der Waals surface area contributed by atoms with Gasteiger partial charge < -0.3 is 54.7 Å². The monoisotopic (exact) mass is 893 g/mol. The molecule has 6 N–H and O–H groups in total. The Morgan fingerprint density at radius 1 is 0.906 bits per heavy atom. The molecule has 0 aliphatic carbocycles. The highest BCUT2D eigenvalue weighted by atomic mass is 28.3. The normalized spacial score (nSPS) is 27.1. The Morgan fingerprint density at radius 2 is 1.59 bits per heavy atom. The summed E-state index contributed by atoms with van der Waals surface area (Å²) in [4.78, 5) is 30.2. The number of aromatic nitrogens is 3. The van der Waals surface area contributed by atoms with Gasteiger partial charge in [-0.2, -0.15) is 0 Å². The zero-order chi connectivity index (χ0) is 45.5. The van der Waals surface area contributed by atoms with Crippen molar-refractivity contribution in [2.24, 2.45) is 5.92 Å². The molecule has 4 heterocycles. The van der Waals surface area contributed by atoms with Crippen LogP contribution in [0.15, 0.2) is 103 Å². The summed E-state index contributed by atoms with van der Waals surface area (Å²) in [6.07, 6.45) is -6.80. The van der Waals surface area contributed by atoms with Crippen molar-refractivity contribution in [3.05, 3.63) is 126 Å². The van der Waals surface area contributed by atoms with Crippen LogP contribution in [0.3, 0.4) is 0 Å². The van der Waals surface area contributed by atoms with E-state index in [4.69, 9.17) is 18.9 Å². The lowest BCUT2D eigenvalue weighted by molar-refractivity contribution is -0.274. The summed E-state index contributed by atoms with van der Waals surface area (Å²) in [6, 6.07) is 30.3. The van der Waals surface area contributed by atoms with Gasteiger partial charge >= 0.3 is 0 Å². The van der Waals surface area contributed by atoms with Gasteiger partial charge in [-0.3, -0.25) is 14.3 Å². The minimum Gasteiger partial charge on any atom is -0.497 e. The number of nitrogens with zero attached hydrogens (tertiary/aromatic N) is 4. The van der Waals surface area contributed by atoms with Crippen molar-refractivity contribution in [3.8, 4) is 11.5 Å². The summed E-state index contributed by atoms with van der Waals surface area (Å²) in [6.45, 7) is 7.28.